The van der Waals surface area contributed by atoms with Gasteiger partial charge in [-0.2, -0.15) is 0 Å². The molecule has 0 aliphatic carbocycles. The Morgan fingerprint density at radius 2 is 1.88 bits per heavy atom. The molecule has 2 aromatic rings. The van der Waals surface area contributed by atoms with Gasteiger partial charge in [0.15, 0.2) is 0 Å². The fourth-order valence-corrected chi connectivity index (χ4v) is 3.88. The number of nitrogens with zero attached hydrogens (tertiary/aromatic N) is 2. The molecule has 0 saturated carbocycles. The van der Waals surface area contributed by atoms with Crippen LogP contribution in [0.1, 0.15) is 35.7 Å². The summed E-state index contributed by atoms with van der Waals surface area (Å²) in [5, 5.41) is 0. The first kappa shape index (κ1) is 23.7. The van der Waals surface area contributed by atoms with Crippen LogP contribution in [0.2, 0.25) is 0 Å². The highest BCUT2D eigenvalue weighted by Crippen LogP contribution is 2.24. The molecule has 1 fully saturated rings. The number of carbonyl (C=O) groups excluding carboxylic acids is 2. The lowest BCUT2D eigenvalue weighted by atomic mass is 9.96. The van der Waals surface area contributed by atoms with Crippen LogP contribution in [0.25, 0.3) is 0 Å². The number of likely N-dealkylation sites (tertiary alicyclic amines) is 1. The zero-order valence-electron chi connectivity index (χ0n) is 18.9. The Bertz CT molecular complexity index is 918. The molecule has 3 rings (SSSR count). The van der Waals surface area contributed by atoms with Crippen molar-refractivity contribution in [1.82, 2.24) is 4.90 Å². The minimum Gasteiger partial charge on any atom is -0.465 e. The van der Waals surface area contributed by atoms with Crippen molar-refractivity contribution in [3.63, 3.8) is 0 Å². The van der Waals surface area contributed by atoms with Gasteiger partial charge in [0.25, 0.3) is 0 Å². The zero-order chi connectivity index (χ0) is 23.1. The zero-order valence-corrected chi connectivity index (χ0v) is 18.9. The van der Waals surface area contributed by atoms with Crippen LogP contribution in [0.15, 0.2) is 48.5 Å². The third kappa shape index (κ3) is 6.07. The van der Waals surface area contributed by atoms with Crippen molar-refractivity contribution in [2.45, 2.75) is 32.3 Å². The molecule has 1 aliphatic heterocycles. The van der Waals surface area contributed by atoms with Crippen LogP contribution >= 0.6 is 0 Å². The normalized spacial score (nSPS) is 18.8. The maximum Gasteiger partial charge on any atom is 0.414 e. The van der Waals surface area contributed by atoms with Crippen LogP contribution in [0.4, 0.5) is 14.9 Å². The summed E-state index contributed by atoms with van der Waals surface area (Å²) in [5.41, 5.74) is 1.72. The smallest absolute Gasteiger partial charge is 0.414 e. The number of piperidine rings is 1. The van der Waals surface area contributed by atoms with E-state index in [1.807, 2.05) is 19.2 Å². The molecule has 6 nitrogen and oxygen atoms in total. The average Bonchev–Trinajstić information content (AvgIpc) is 2.79. The summed E-state index contributed by atoms with van der Waals surface area (Å²) in [6.45, 7) is 4.04. The molecule has 1 saturated heterocycles. The largest absolute Gasteiger partial charge is 0.465 e. The van der Waals surface area contributed by atoms with Gasteiger partial charge in [0.05, 0.1) is 18.4 Å². The summed E-state index contributed by atoms with van der Waals surface area (Å²) in [4.78, 5) is 28.2. The van der Waals surface area contributed by atoms with E-state index in [-0.39, 0.29) is 23.7 Å². The van der Waals surface area contributed by atoms with E-state index in [9.17, 15) is 14.0 Å². The first-order valence-electron chi connectivity index (χ1n) is 11.0. The Labute approximate surface area is 188 Å². The minimum absolute atomic E-state index is 0.218. The van der Waals surface area contributed by atoms with Gasteiger partial charge in [-0.15, -0.1) is 0 Å². The van der Waals surface area contributed by atoms with Crippen molar-refractivity contribution < 1.29 is 23.5 Å². The monoisotopic (exact) mass is 442 g/mol. The number of rotatable bonds is 7. The molecule has 0 bridgehead atoms. The fraction of sp³-hybridized carbons (Fsp3) is 0.440. The summed E-state index contributed by atoms with van der Waals surface area (Å²) in [6, 6.07) is 13.4. The predicted octanol–water partition coefficient (Wildman–Crippen LogP) is 4.53. The third-order valence-corrected chi connectivity index (χ3v) is 5.93. The molecule has 7 heteroatoms. The van der Waals surface area contributed by atoms with E-state index in [2.05, 4.69) is 11.8 Å². The van der Waals surface area contributed by atoms with Crippen molar-refractivity contribution in [3.05, 3.63) is 65.5 Å². The van der Waals surface area contributed by atoms with Crippen LogP contribution < -0.4 is 4.90 Å². The summed E-state index contributed by atoms with van der Waals surface area (Å²) in [6.07, 6.45) is 1.49. The SMILES string of the molecule is COC(=O)c1ccc(CCCN(C(=O)O[C@H]2CN(C)CCC2C)c2ccccc2F)cc1. The van der Waals surface area contributed by atoms with Crippen LogP contribution in [0, 0.1) is 11.7 Å². The van der Waals surface area contributed by atoms with Crippen molar-refractivity contribution in [2.24, 2.45) is 5.92 Å². The number of methoxy groups -OCH3 is 1. The molecular formula is C25H31FN2O4. The first-order chi connectivity index (χ1) is 15.4. The molecule has 0 aromatic heterocycles. The standard InChI is InChI=1S/C25H31FN2O4/c1-18-14-16-27(2)17-23(18)32-25(30)28(22-9-5-4-8-21(22)26)15-6-7-19-10-12-20(13-11-19)24(29)31-3/h4-5,8-13,18,23H,6-7,14-17H2,1-3H3/t18?,23-/m0/s1. The number of benzene rings is 2. The highest BCUT2D eigenvalue weighted by atomic mass is 19.1. The Kier molecular flexibility index (Phi) is 8.22. The van der Waals surface area contributed by atoms with E-state index in [4.69, 9.17) is 9.47 Å². The molecule has 2 aromatic carbocycles. The highest BCUT2D eigenvalue weighted by Gasteiger charge is 2.30. The molecule has 0 radical (unpaired) electrons. The van der Waals surface area contributed by atoms with Crippen LogP contribution in [-0.2, 0) is 15.9 Å². The Hall–Kier alpha value is -2.93. The van der Waals surface area contributed by atoms with Gasteiger partial charge in [-0.05, 0) is 68.6 Å². The van der Waals surface area contributed by atoms with E-state index < -0.39 is 11.9 Å². The van der Waals surface area contributed by atoms with Crippen LogP contribution in [0.5, 0.6) is 0 Å². The summed E-state index contributed by atoms with van der Waals surface area (Å²) >= 11 is 0. The number of halogens is 1. The maximum atomic E-state index is 14.5. The number of para-hydroxylation sites is 1. The molecule has 172 valence electrons. The molecule has 32 heavy (non-hydrogen) atoms. The quantitative estimate of drug-likeness (QED) is 0.590. The van der Waals surface area contributed by atoms with Gasteiger partial charge in [0, 0.05) is 13.1 Å². The second-order valence-corrected chi connectivity index (χ2v) is 8.35. The molecule has 1 heterocycles. The van der Waals surface area contributed by atoms with Crippen molar-refractivity contribution >= 4 is 17.7 Å². The number of likely N-dealkylation sites (N-methyl/N-ethyl adjacent to an activating group) is 1. The number of amides is 1. The molecular weight excluding hydrogens is 411 g/mol. The summed E-state index contributed by atoms with van der Waals surface area (Å²) < 4.78 is 25.1. The minimum atomic E-state index is -0.525. The van der Waals surface area contributed by atoms with Gasteiger partial charge in [0.2, 0.25) is 0 Å². The second kappa shape index (κ2) is 11.1. The van der Waals surface area contributed by atoms with Crippen LogP contribution in [-0.4, -0.2) is 56.9 Å². The summed E-state index contributed by atoms with van der Waals surface area (Å²) in [5.74, 6) is -0.584. The molecule has 0 spiro atoms. The topological polar surface area (TPSA) is 59.1 Å². The Balaban J connectivity index is 1.67. The maximum absolute atomic E-state index is 14.5. The van der Waals surface area contributed by atoms with E-state index in [1.54, 1.807) is 30.3 Å². The molecule has 1 unspecified atom stereocenters. The molecule has 0 N–H and O–H groups in total. The van der Waals surface area contributed by atoms with Gasteiger partial charge < -0.3 is 14.4 Å². The summed E-state index contributed by atoms with van der Waals surface area (Å²) in [7, 11) is 3.35. The van der Waals surface area contributed by atoms with E-state index in [1.165, 1.54) is 18.1 Å². The number of esters is 1. The van der Waals surface area contributed by atoms with Crippen molar-refractivity contribution in [2.75, 3.05) is 38.7 Å². The number of aryl methyl sites for hydroxylation is 1. The van der Waals surface area contributed by atoms with Crippen molar-refractivity contribution in [1.29, 1.82) is 0 Å². The lowest BCUT2D eigenvalue weighted by Crippen LogP contribution is -2.46. The lowest BCUT2D eigenvalue weighted by molar-refractivity contribution is 0.0210. The van der Waals surface area contributed by atoms with Gasteiger partial charge in [-0.1, -0.05) is 31.2 Å². The van der Waals surface area contributed by atoms with Crippen LogP contribution in [0.3, 0.4) is 0 Å². The van der Waals surface area contributed by atoms with Gasteiger partial charge >= 0.3 is 12.1 Å². The Morgan fingerprint density at radius 3 is 2.56 bits per heavy atom. The van der Waals surface area contributed by atoms with Gasteiger partial charge in [-0.3, -0.25) is 4.90 Å². The van der Waals surface area contributed by atoms with E-state index in [0.29, 0.717) is 31.5 Å². The predicted molar refractivity (Wildman–Crippen MR) is 121 cm³/mol. The first-order valence-corrected chi connectivity index (χ1v) is 11.0. The third-order valence-electron chi connectivity index (χ3n) is 5.93. The molecule has 2 atom stereocenters. The second-order valence-electron chi connectivity index (χ2n) is 8.35. The lowest BCUT2D eigenvalue weighted by Gasteiger charge is -2.35. The average molecular weight is 443 g/mol. The van der Waals surface area contributed by atoms with Gasteiger partial charge in [-0.25, -0.2) is 14.0 Å². The number of hydrogen-bond donors (Lipinski definition) is 0. The number of hydrogen-bond acceptors (Lipinski definition) is 5. The molecule has 1 aliphatic rings. The number of carbonyl (C=O) groups is 2. The van der Waals surface area contributed by atoms with E-state index >= 15 is 0 Å². The van der Waals surface area contributed by atoms with Crippen molar-refractivity contribution in [3.8, 4) is 0 Å². The van der Waals surface area contributed by atoms with Gasteiger partial charge in [0.1, 0.15) is 11.9 Å². The number of anilines is 1. The highest BCUT2D eigenvalue weighted by molar-refractivity contribution is 5.89. The Morgan fingerprint density at radius 1 is 1.16 bits per heavy atom. The number of ether oxygens (including phenoxy) is 2. The molecule has 1 amide bonds. The fourth-order valence-electron chi connectivity index (χ4n) is 3.88. The van der Waals surface area contributed by atoms with E-state index in [0.717, 1.165) is 18.5 Å².